The number of ether oxygens (including phenoxy) is 3. The molecule has 0 fully saturated rings. The van der Waals surface area contributed by atoms with Crippen LogP contribution >= 0.6 is 0 Å². The lowest BCUT2D eigenvalue weighted by Crippen LogP contribution is -2.27. The summed E-state index contributed by atoms with van der Waals surface area (Å²) in [5, 5.41) is 8.46. The zero-order valence-corrected chi connectivity index (χ0v) is 15.5. The molecule has 0 aliphatic heterocycles. The molecule has 7 nitrogen and oxygen atoms in total. The van der Waals surface area contributed by atoms with E-state index in [0.29, 0.717) is 45.9 Å². The summed E-state index contributed by atoms with van der Waals surface area (Å²) < 4.78 is 21.2. The Bertz CT molecular complexity index is 328. The van der Waals surface area contributed by atoms with Gasteiger partial charge in [0.15, 0.2) is 8.32 Å². The molecule has 0 saturated heterocycles. The molecule has 0 aromatic rings. The summed E-state index contributed by atoms with van der Waals surface area (Å²) in [7, 11) is -1.46. The van der Waals surface area contributed by atoms with Gasteiger partial charge < -0.3 is 23.7 Å². The second-order valence-corrected chi connectivity index (χ2v) is 10.5. The van der Waals surface area contributed by atoms with E-state index in [1.807, 2.05) is 0 Å². The molecule has 0 saturated carbocycles. The van der Waals surface area contributed by atoms with Crippen LogP contribution in [0, 0.1) is 0 Å². The van der Waals surface area contributed by atoms with E-state index in [1.54, 1.807) is 0 Å². The summed E-state index contributed by atoms with van der Waals surface area (Å²) in [5.74, 6) is -1.17. The van der Waals surface area contributed by atoms with Crippen molar-refractivity contribution in [3.63, 3.8) is 0 Å². The third-order valence-electron chi connectivity index (χ3n) is 2.65. The van der Waals surface area contributed by atoms with Gasteiger partial charge in [0, 0.05) is 12.8 Å². The number of carboxylic acid groups (broad SMARTS) is 1. The van der Waals surface area contributed by atoms with Crippen molar-refractivity contribution < 1.29 is 33.3 Å². The van der Waals surface area contributed by atoms with Crippen molar-refractivity contribution in [2.45, 2.75) is 45.3 Å². The molecule has 8 heteroatoms. The van der Waals surface area contributed by atoms with Gasteiger partial charge in [0.2, 0.25) is 0 Å². The minimum Gasteiger partial charge on any atom is -0.481 e. The highest BCUT2D eigenvalue weighted by Crippen LogP contribution is 2.02. The maximum Gasteiger partial charge on any atom is 0.305 e. The zero-order chi connectivity index (χ0) is 17.6. The SMILES string of the molecule is C[Si](C)(C)OCCOCCOCCOC(=O)CCCCC(=O)O. The fourth-order valence-corrected chi connectivity index (χ4v) is 2.26. The van der Waals surface area contributed by atoms with Crippen molar-refractivity contribution >= 4 is 20.3 Å². The maximum atomic E-state index is 11.3. The third-order valence-corrected chi connectivity index (χ3v) is 3.72. The first-order chi connectivity index (χ1) is 10.8. The highest BCUT2D eigenvalue weighted by atomic mass is 28.4. The number of esters is 1. The average molecular weight is 350 g/mol. The minimum absolute atomic E-state index is 0.0827. The van der Waals surface area contributed by atoms with Gasteiger partial charge in [-0.2, -0.15) is 0 Å². The largest absolute Gasteiger partial charge is 0.481 e. The first-order valence-electron chi connectivity index (χ1n) is 7.98. The van der Waals surface area contributed by atoms with E-state index in [2.05, 4.69) is 19.6 Å². The fraction of sp³-hybridized carbons (Fsp3) is 0.867. The summed E-state index contributed by atoms with van der Waals surface area (Å²) >= 11 is 0. The van der Waals surface area contributed by atoms with Gasteiger partial charge in [-0.3, -0.25) is 9.59 Å². The van der Waals surface area contributed by atoms with Gasteiger partial charge in [0.05, 0.1) is 33.0 Å². The summed E-state index contributed by atoms with van der Waals surface area (Å²) in [4.78, 5) is 21.6. The van der Waals surface area contributed by atoms with Crippen molar-refractivity contribution in [2.75, 3.05) is 39.6 Å². The Kier molecular flexibility index (Phi) is 12.9. The Balaban J connectivity index is 3.23. The molecule has 136 valence electrons. The maximum absolute atomic E-state index is 11.3. The van der Waals surface area contributed by atoms with Crippen molar-refractivity contribution in [3.8, 4) is 0 Å². The standard InChI is InChI=1S/C15H30O7Si/c1-23(2,3)22-13-11-20-9-8-19-10-12-21-15(18)7-5-4-6-14(16)17/h4-13H2,1-3H3,(H,16,17). The van der Waals surface area contributed by atoms with Gasteiger partial charge in [0.25, 0.3) is 0 Å². The number of carboxylic acids is 1. The molecule has 0 bridgehead atoms. The number of rotatable bonds is 15. The van der Waals surface area contributed by atoms with E-state index in [0.717, 1.165) is 0 Å². The fourth-order valence-electron chi connectivity index (χ4n) is 1.56. The normalized spacial score (nSPS) is 11.4. The third kappa shape index (κ3) is 19.0. The quantitative estimate of drug-likeness (QED) is 0.274. The van der Waals surface area contributed by atoms with Crippen LogP contribution < -0.4 is 0 Å². The monoisotopic (exact) mass is 350 g/mol. The lowest BCUT2D eigenvalue weighted by Gasteiger charge is -2.16. The van der Waals surface area contributed by atoms with Gasteiger partial charge in [-0.15, -0.1) is 0 Å². The molecule has 1 N–H and O–H groups in total. The van der Waals surface area contributed by atoms with E-state index in [-0.39, 0.29) is 25.4 Å². The molecular weight excluding hydrogens is 320 g/mol. The molecule has 23 heavy (non-hydrogen) atoms. The Morgan fingerprint density at radius 1 is 0.826 bits per heavy atom. The van der Waals surface area contributed by atoms with Gasteiger partial charge in [-0.25, -0.2) is 0 Å². The van der Waals surface area contributed by atoms with Gasteiger partial charge in [-0.05, 0) is 32.5 Å². The Labute approximate surface area is 139 Å². The second kappa shape index (κ2) is 13.5. The summed E-state index contributed by atoms with van der Waals surface area (Å²) in [6.07, 6.45) is 1.34. The molecular formula is C15H30O7Si. The second-order valence-electron chi connectivity index (χ2n) is 6.01. The smallest absolute Gasteiger partial charge is 0.305 e. The van der Waals surface area contributed by atoms with E-state index in [1.165, 1.54) is 0 Å². The first-order valence-corrected chi connectivity index (χ1v) is 11.4. The van der Waals surface area contributed by atoms with Gasteiger partial charge in [0.1, 0.15) is 6.61 Å². The van der Waals surface area contributed by atoms with Crippen molar-refractivity contribution in [1.82, 2.24) is 0 Å². The number of carbonyl (C=O) groups excluding carboxylic acids is 1. The summed E-state index contributed by atoms with van der Waals surface area (Å²) in [6, 6.07) is 0. The topological polar surface area (TPSA) is 91.3 Å². The molecule has 0 aliphatic rings. The Morgan fingerprint density at radius 3 is 1.91 bits per heavy atom. The molecule has 0 amide bonds. The number of hydrogen-bond donors (Lipinski definition) is 1. The van der Waals surface area contributed by atoms with Crippen LogP contribution in [-0.4, -0.2) is 65.0 Å². The molecule has 0 aromatic heterocycles. The molecule has 0 radical (unpaired) electrons. The van der Waals surface area contributed by atoms with Crippen LogP contribution in [0.25, 0.3) is 0 Å². The van der Waals surface area contributed by atoms with Crippen molar-refractivity contribution in [3.05, 3.63) is 0 Å². The highest BCUT2D eigenvalue weighted by molar-refractivity contribution is 6.69. The molecule has 0 heterocycles. The lowest BCUT2D eigenvalue weighted by atomic mass is 10.2. The van der Waals surface area contributed by atoms with E-state index < -0.39 is 14.3 Å². The van der Waals surface area contributed by atoms with Crippen LogP contribution in [-0.2, 0) is 28.2 Å². The van der Waals surface area contributed by atoms with Crippen LogP contribution in [0.2, 0.25) is 19.6 Å². The molecule has 0 rings (SSSR count). The average Bonchev–Trinajstić information content (AvgIpc) is 2.44. The summed E-state index contributed by atoms with van der Waals surface area (Å²) in [5.41, 5.74) is 0. The van der Waals surface area contributed by atoms with Crippen molar-refractivity contribution in [2.24, 2.45) is 0 Å². The van der Waals surface area contributed by atoms with Crippen LogP contribution in [0.5, 0.6) is 0 Å². The van der Waals surface area contributed by atoms with Gasteiger partial charge >= 0.3 is 11.9 Å². The minimum atomic E-state index is -1.46. The van der Waals surface area contributed by atoms with Gasteiger partial charge in [-0.1, -0.05) is 0 Å². The Hall–Kier alpha value is -0.963. The molecule has 0 atom stereocenters. The number of aliphatic carboxylic acids is 1. The van der Waals surface area contributed by atoms with Crippen molar-refractivity contribution in [1.29, 1.82) is 0 Å². The molecule has 0 aromatic carbocycles. The van der Waals surface area contributed by atoms with E-state index in [9.17, 15) is 9.59 Å². The first kappa shape index (κ1) is 22.0. The predicted molar refractivity (Wildman–Crippen MR) is 88.0 cm³/mol. The van der Waals surface area contributed by atoms with E-state index >= 15 is 0 Å². The van der Waals surface area contributed by atoms with Crippen LogP contribution in [0.15, 0.2) is 0 Å². The number of hydrogen-bond acceptors (Lipinski definition) is 6. The molecule has 0 unspecified atom stereocenters. The Morgan fingerprint density at radius 2 is 1.35 bits per heavy atom. The van der Waals surface area contributed by atoms with Crippen LogP contribution in [0.4, 0.5) is 0 Å². The van der Waals surface area contributed by atoms with Crippen LogP contribution in [0.1, 0.15) is 25.7 Å². The number of carbonyl (C=O) groups is 2. The number of unbranched alkanes of at least 4 members (excludes halogenated alkanes) is 1. The predicted octanol–water partition coefficient (Wildman–Crippen LogP) is 2.06. The zero-order valence-electron chi connectivity index (χ0n) is 14.5. The molecule has 0 spiro atoms. The highest BCUT2D eigenvalue weighted by Gasteiger charge is 2.13. The lowest BCUT2D eigenvalue weighted by molar-refractivity contribution is -0.146. The summed E-state index contributed by atoms with van der Waals surface area (Å²) in [6.45, 7) is 9.01. The van der Waals surface area contributed by atoms with Crippen LogP contribution in [0.3, 0.4) is 0 Å². The van der Waals surface area contributed by atoms with E-state index in [4.69, 9.17) is 23.7 Å². The molecule has 0 aliphatic carbocycles.